The largest absolute Gasteiger partial charge is 0.336 e. The molecule has 0 aliphatic heterocycles. The highest BCUT2D eigenvalue weighted by molar-refractivity contribution is 5.99. The Hall–Kier alpha value is -3.84. The lowest BCUT2D eigenvalue weighted by atomic mass is 10.0. The van der Waals surface area contributed by atoms with E-state index in [-0.39, 0.29) is 11.7 Å². The van der Waals surface area contributed by atoms with Crippen LogP contribution in [0.25, 0.3) is 33.7 Å². The molecule has 0 radical (unpaired) electrons. The fourth-order valence-electron chi connectivity index (χ4n) is 3.27. The van der Waals surface area contributed by atoms with Crippen molar-refractivity contribution in [2.75, 3.05) is 12.4 Å². The van der Waals surface area contributed by atoms with E-state index >= 15 is 0 Å². The minimum Gasteiger partial charge on any atom is -0.336 e. The second-order valence-corrected chi connectivity index (χ2v) is 6.75. The second-order valence-electron chi connectivity index (χ2n) is 6.75. The number of anilines is 1. The van der Waals surface area contributed by atoms with Gasteiger partial charge < -0.3 is 15.6 Å². The van der Waals surface area contributed by atoms with Gasteiger partial charge in [0.15, 0.2) is 5.65 Å². The number of H-pyrrole nitrogens is 1. The van der Waals surface area contributed by atoms with Gasteiger partial charge in [-0.3, -0.25) is 4.79 Å². The number of pyridine rings is 1. The summed E-state index contributed by atoms with van der Waals surface area (Å²) in [6.07, 6.45) is 2.87. The van der Waals surface area contributed by atoms with Gasteiger partial charge in [0.1, 0.15) is 11.6 Å². The first kappa shape index (κ1) is 19.5. The van der Waals surface area contributed by atoms with Gasteiger partial charge >= 0.3 is 0 Å². The van der Waals surface area contributed by atoms with Gasteiger partial charge in [-0.1, -0.05) is 30.8 Å². The van der Waals surface area contributed by atoms with E-state index in [2.05, 4.69) is 32.2 Å². The van der Waals surface area contributed by atoms with Gasteiger partial charge in [-0.2, -0.15) is 0 Å². The fourth-order valence-corrected chi connectivity index (χ4v) is 3.27. The lowest BCUT2D eigenvalue weighted by Crippen LogP contribution is -2.07. The maximum absolute atomic E-state index is 14.4. The summed E-state index contributed by atoms with van der Waals surface area (Å²) in [7, 11) is 1.78. The first-order chi connectivity index (χ1) is 14.6. The SMILES string of the molecule is C=CC(=O)Nc1cccc(-c2nc3nccc(-c4ccc(CNC)c(F)c4)c3[nH]2)c1. The van der Waals surface area contributed by atoms with Gasteiger partial charge in [0.25, 0.3) is 0 Å². The number of halogens is 1. The van der Waals surface area contributed by atoms with E-state index in [0.717, 1.165) is 16.7 Å². The second kappa shape index (κ2) is 8.26. The van der Waals surface area contributed by atoms with Gasteiger partial charge in [-0.25, -0.2) is 14.4 Å². The maximum Gasteiger partial charge on any atom is 0.247 e. The Morgan fingerprint density at radius 2 is 2.07 bits per heavy atom. The average molecular weight is 401 g/mol. The molecule has 0 bridgehead atoms. The van der Waals surface area contributed by atoms with Crippen LogP contribution in [0.15, 0.2) is 67.4 Å². The Balaban J connectivity index is 1.75. The summed E-state index contributed by atoms with van der Waals surface area (Å²) < 4.78 is 14.4. The molecule has 0 spiro atoms. The van der Waals surface area contributed by atoms with E-state index in [4.69, 9.17) is 0 Å². The number of benzene rings is 2. The minimum absolute atomic E-state index is 0.266. The zero-order chi connectivity index (χ0) is 21.1. The van der Waals surface area contributed by atoms with Crippen LogP contribution in [-0.2, 0) is 11.3 Å². The van der Waals surface area contributed by atoms with Crippen LogP contribution in [-0.4, -0.2) is 27.9 Å². The van der Waals surface area contributed by atoms with Crippen molar-refractivity contribution >= 4 is 22.8 Å². The molecule has 1 amide bonds. The Kier molecular flexibility index (Phi) is 5.36. The highest BCUT2D eigenvalue weighted by Gasteiger charge is 2.13. The average Bonchev–Trinajstić information content (AvgIpc) is 3.20. The topological polar surface area (TPSA) is 82.7 Å². The number of nitrogens with zero attached hydrogens (tertiary/aromatic N) is 2. The fraction of sp³-hybridized carbons (Fsp3) is 0.0870. The summed E-state index contributed by atoms with van der Waals surface area (Å²) in [5.41, 5.74) is 4.82. The zero-order valence-electron chi connectivity index (χ0n) is 16.4. The van der Waals surface area contributed by atoms with Crippen molar-refractivity contribution in [3.05, 3.63) is 78.8 Å². The lowest BCUT2D eigenvalue weighted by molar-refractivity contribution is -0.111. The first-order valence-corrected chi connectivity index (χ1v) is 9.41. The third kappa shape index (κ3) is 3.83. The molecule has 3 N–H and O–H groups in total. The molecule has 0 aliphatic carbocycles. The zero-order valence-corrected chi connectivity index (χ0v) is 16.4. The van der Waals surface area contributed by atoms with Crippen LogP contribution in [0.1, 0.15) is 5.56 Å². The summed E-state index contributed by atoms with van der Waals surface area (Å²) in [6.45, 7) is 3.92. The quantitative estimate of drug-likeness (QED) is 0.421. The summed E-state index contributed by atoms with van der Waals surface area (Å²) in [5.74, 6) is 0.0496. The lowest BCUT2D eigenvalue weighted by Gasteiger charge is -2.07. The van der Waals surface area contributed by atoms with Crippen molar-refractivity contribution < 1.29 is 9.18 Å². The van der Waals surface area contributed by atoms with Crippen LogP contribution in [0.4, 0.5) is 10.1 Å². The van der Waals surface area contributed by atoms with Crippen LogP contribution < -0.4 is 10.6 Å². The van der Waals surface area contributed by atoms with Gasteiger partial charge in [0.05, 0.1) is 5.52 Å². The van der Waals surface area contributed by atoms with Crippen molar-refractivity contribution in [3.8, 4) is 22.5 Å². The smallest absolute Gasteiger partial charge is 0.247 e. The number of carbonyl (C=O) groups excluding carboxylic acids is 1. The van der Waals surface area contributed by atoms with Gasteiger partial charge in [-0.05, 0) is 43.0 Å². The molecule has 4 rings (SSSR count). The molecule has 30 heavy (non-hydrogen) atoms. The summed E-state index contributed by atoms with van der Waals surface area (Å²) >= 11 is 0. The monoisotopic (exact) mass is 401 g/mol. The summed E-state index contributed by atoms with van der Waals surface area (Å²) in [5, 5.41) is 5.69. The van der Waals surface area contributed by atoms with Crippen molar-refractivity contribution in [3.63, 3.8) is 0 Å². The van der Waals surface area contributed by atoms with E-state index in [1.807, 2.05) is 30.3 Å². The van der Waals surface area contributed by atoms with E-state index in [1.165, 1.54) is 12.1 Å². The highest BCUT2D eigenvalue weighted by Crippen LogP contribution is 2.30. The van der Waals surface area contributed by atoms with E-state index < -0.39 is 0 Å². The molecule has 0 aliphatic rings. The molecule has 6 nitrogen and oxygen atoms in total. The van der Waals surface area contributed by atoms with E-state index in [9.17, 15) is 9.18 Å². The van der Waals surface area contributed by atoms with E-state index in [0.29, 0.717) is 34.8 Å². The van der Waals surface area contributed by atoms with Crippen molar-refractivity contribution in [1.82, 2.24) is 20.3 Å². The van der Waals surface area contributed by atoms with Crippen molar-refractivity contribution in [1.29, 1.82) is 0 Å². The van der Waals surface area contributed by atoms with Crippen LogP contribution in [0.5, 0.6) is 0 Å². The summed E-state index contributed by atoms with van der Waals surface area (Å²) in [4.78, 5) is 23.8. The Labute approximate surface area is 172 Å². The van der Waals surface area contributed by atoms with Crippen LogP contribution >= 0.6 is 0 Å². The van der Waals surface area contributed by atoms with Crippen LogP contribution in [0.3, 0.4) is 0 Å². The predicted molar refractivity (Wildman–Crippen MR) is 116 cm³/mol. The predicted octanol–water partition coefficient (Wildman–Crippen LogP) is 4.27. The molecule has 150 valence electrons. The molecule has 0 atom stereocenters. The molecule has 2 aromatic carbocycles. The molecule has 0 saturated heterocycles. The van der Waals surface area contributed by atoms with Crippen LogP contribution in [0, 0.1) is 5.82 Å². The molecular formula is C23H20FN5O. The Bertz CT molecular complexity index is 1250. The van der Waals surface area contributed by atoms with Gasteiger partial charge in [0, 0.05) is 35.1 Å². The minimum atomic E-state index is -0.288. The Morgan fingerprint density at radius 3 is 2.83 bits per heavy atom. The number of carbonyl (C=O) groups is 1. The molecule has 0 saturated carbocycles. The molecule has 2 heterocycles. The molecular weight excluding hydrogens is 381 g/mol. The summed E-state index contributed by atoms with van der Waals surface area (Å²) in [6, 6.07) is 14.3. The highest BCUT2D eigenvalue weighted by atomic mass is 19.1. The van der Waals surface area contributed by atoms with Gasteiger partial charge in [-0.15, -0.1) is 0 Å². The van der Waals surface area contributed by atoms with Crippen molar-refractivity contribution in [2.24, 2.45) is 0 Å². The number of hydrogen-bond donors (Lipinski definition) is 3. The first-order valence-electron chi connectivity index (χ1n) is 9.41. The normalized spacial score (nSPS) is 10.9. The number of nitrogens with one attached hydrogen (secondary N) is 3. The maximum atomic E-state index is 14.4. The number of hydrogen-bond acceptors (Lipinski definition) is 4. The molecule has 0 unspecified atom stereocenters. The number of fused-ring (bicyclic) bond motifs is 1. The third-order valence-electron chi connectivity index (χ3n) is 4.71. The van der Waals surface area contributed by atoms with Crippen molar-refractivity contribution in [2.45, 2.75) is 6.54 Å². The number of imidazole rings is 1. The molecule has 2 aromatic heterocycles. The van der Waals surface area contributed by atoms with E-state index in [1.54, 1.807) is 25.4 Å². The molecule has 7 heteroatoms. The number of aromatic amines is 1. The van der Waals surface area contributed by atoms with Crippen LogP contribution in [0.2, 0.25) is 0 Å². The number of rotatable bonds is 6. The third-order valence-corrected chi connectivity index (χ3v) is 4.71. The number of aromatic nitrogens is 3. The standard InChI is InChI=1S/C23H20FN5O/c1-3-20(30)27-17-6-4-5-15(11-17)22-28-21-18(9-10-26-23(21)29-22)14-7-8-16(13-25-2)19(24)12-14/h3-12,25H,1,13H2,2H3,(H,27,30)(H,26,28,29). The molecule has 0 fully saturated rings. The van der Waals surface area contributed by atoms with Gasteiger partial charge in [0.2, 0.25) is 5.91 Å². The molecule has 4 aromatic rings. The number of amides is 1. The Morgan fingerprint density at radius 1 is 1.20 bits per heavy atom.